The minimum atomic E-state index is -0.579. The quantitative estimate of drug-likeness (QED) is 0.217. The van der Waals surface area contributed by atoms with E-state index in [1.165, 1.54) is 26.4 Å². The Balaban J connectivity index is 0.00000281. The van der Waals surface area contributed by atoms with Crippen LogP contribution in [0.3, 0.4) is 0 Å². The lowest BCUT2D eigenvalue weighted by Gasteiger charge is -2.30. The van der Waals surface area contributed by atoms with Crippen molar-refractivity contribution in [2.45, 2.75) is 41.0 Å². The molecule has 1 aromatic rings. The fourth-order valence-electron chi connectivity index (χ4n) is 3.47. The highest BCUT2D eigenvalue weighted by molar-refractivity contribution is 6.01. The van der Waals surface area contributed by atoms with E-state index in [9.17, 15) is 9.18 Å². The van der Waals surface area contributed by atoms with Crippen LogP contribution in [-0.2, 0) is 4.79 Å². The molecule has 1 heterocycles. The van der Waals surface area contributed by atoms with Crippen LogP contribution in [0.1, 0.15) is 46.6 Å². The van der Waals surface area contributed by atoms with Crippen LogP contribution in [0.25, 0.3) is 5.70 Å². The Bertz CT molecular complexity index is 901. The highest BCUT2D eigenvalue weighted by Gasteiger charge is 2.16. The fourth-order valence-corrected chi connectivity index (χ4v) is 3.47. The molecule has 1 N–H and O–H groups in total. The molecule has 1 aliphatic rings. The second-order valence-electron chi connectivity index (χ2n) is 7.51. The van der Waals surface area contributed by atoms with E-state index in [0.717, 1.165) is 44.0 Å². The second kappa shape index (κ2) is 15.8. The zero-order valence-electron chi connectivity index (χ0n) is 21.7. The van der Waals surface area contributed by atoms with Crippen molar-refractivity contribution >= 4 is 17.7 Å². The summed E-state index contributed by atoms with van der Waals surface area (Å²) in [7, 11) is 2.82. The molecule has 1 fully saturated rings. The summed E-state index contributed by atoms with van der Waals surface area (Å²) in [6, 6.07) is 2.92. The first kappa shape index (κ1) is 29.1. The van der Waals surface area contributed by atoms with Gasteiger partial charge in [-0.2, -0.15) is 0 Å². The molecule has 1 atom stereocenters. The van der Waals surface area contributed by atoms with Crippen LogP contribution in [0, 0.1) is 11.7 Å². The van der Waals surface area contributed by atoms with Crippen molar-refractivity contribution in [1.82, 2.24) is 10.2 Å². The molecule has 34 heavy (non-hydrogen) atoms. The molecule has 0 spiro atoms. The third-order valence-electron chi connectivity index (χ3n) is 5.52. The van der Waals surface area contributed by atoms with Gasteiger partial charge >= 0.3 is 0 Å². The van der Waals surface area contributed by atoms with Gasteiger partial charge in [0.2, 0.25) is 0 Å². The summed E-state index contributed by atoms with van der Waals surface area (Å²) in [6.07, 6.45) is 9.00. The van der Waals surface area contributed by atoms with Gasteiger partial charge in [0.15, 0.2) is 17.3 Å². The van der Waals surface area contributed by atoms with Crippen molar-refractivity contribution in [3.8, 4) is 11.5 Å². The van der Waals surface area contributed by atoms with E-state index in [-0.39, 0.29) is 17.4 Å². The summed E-state index contributed by atoms with van der Waals surface area (Å²) in [5, 5.41) is 3.36. The molecule has 0 aliphatic carbocycles. The summed E-state index contributed by atoms with van der Waals surface area (Å²) in [5.74, 6) is -0.177. The SMILES string of the molecule is CC.C\C=C(/C=C\C(=N/C(=C\C=O)c1cc(F)c(OC)c(OC)c1)C(C)CC)N1CCNCC1. The minimum Gasteiger partial charge on any atom is -0.493 e. The van der Waals surface area contributed by atoms with Gasteiger partial charge in [0, 0.05) is 49.2 Å². The van der Waals surface area contributed by atoms with Gasteiger partial charge in [-0.3, -0.25) is 9.79 Å². The van der Waals surface area contributed by atoms with Gasteiger partial charge < -0.3 is 19.7 Å². The molecule has 1 unspecified atom stereocenters. The van der Waals surface area contributed by atoms with Crippen LogP contribution < -0.4 is 14.8 Å². The number of halogens is 1. The lowest BCUT2D eigenvalue weighted by molar-refractivity contribution is -0.104. The zero-order chi connectivity index (χ0) is 25.5. The molecule has 7 heteroatoms. The van der Waals surface area contributed by atoms with E-state index in [4.69, 9.17) is 14.5 Å². The number of methoxy groups -OCH3 is 2. The van der Waals surface area contributed by atoms with Crippen molar-refractivity contribution in [3.05, 3.63) is 53.5 Å². The molecule has 0 bridgehead atoms. The van der Waals surface area contributed by atoms with E-state index >= 15 is 0 Å². The first-order valence-electron chi connectivity index (χ1n) is 11.9. The Labute approximate surface area is 204 Å². The number of hydrogen-bond donors (Lipinski definition) is 1. The molecule has 0 amide bonds. The summed E-state index contributed by atoms with van der Waals surface area (Å²) in [5.41, 5.74) is 2.74. The molecule has 1 saturated heterocycles. The number of aldehydes is 1. The van der Waals surface area contributed by atoms with E-state index in [2.05, 4.69) is 36.2 Å². The third-order valence-corrected chi connectivity index (χ3v) is 5.52. The van der Waals surface area contributed by atoms with E-state index < -0.39 is 5.82 Å². The first-order chi connectivity index (χ1) is 16.5. The maximum Gasteiger partial charge on any atom is 0.196 e. The monoisotopic (exact) mass is 473 g/mol. The minimum absolute atomic E-state index is 0.0153. The predicted octanol–water partition coefficient (Wildman–Crippen LogP) is 5.26. The van der Waals surface area contributed by atoms with Crippen molar-refractivity contribution < 1.29 is 18.7 Å². The molecule has 6 nitrogen and oxygen atoms in total. The lowest BCUT2D eigenvalue weighted by atomic mass is 10.0. The highest BCUT2D eigenvalue weighted by Crippen LogP contribution is 2.34. The van der Waals surface area contributed by atoms with Gasteiger partial charge in [-0.15, -0.1) is 0 Å². The summed E-state index contributed by atoms with van der Waals surface area (Å²) in [4.78, 5) is 18.5. The Morgan fingerprint density at radius 2 is 1.88 bits per heavy atom. The maximum absolute atomic E-state index is 14.6. The van der Waals surface area contributed by atoms with Gasteiger partial charge in [-0.05, 0) is 43.5 Å². The lowest BCUT2D eigenvalue weighted by Crippen LogP contribution is -2.42. The summed E-state index contributed by atoms with van der Waals surface area (Å²) < 4.78 is 24.9. The molecule has 2 rings (SSSR count). The Kier molecular flexibility index (Phi) is 13.5. The molecular formula is C27H40FN3O3. The van der Waals surface area contributed by atoms with Gasteiger partial charge in [0.25, 0.3) is 0 Å². The number of aliphatic imine (C=N–C) groups is 1. The first-order valence-corrected chi connectivity index (χ1v) is 11.9. The smallest absolute Gasteiger partial charge is 0.196 e. The van der Waals surface area contributed by atoms with E-state index in [1.54, 1.807) is 6.07 Å². The summed E-state index contributed by atoms with van der Waals surface area (Å²) >= 11 is 0. The van der Waals surface area contributed by atoms with Crippen molar-refractivity contribution in [3.63, 3.8) is 0 Å². The van der Waals surface area contributed by atoms with Gasteiger partial charge in [-0.25, -0.2) is 4.39 Å². The number of allylic oxidation sites excluding steroid dienone is 4. The van der Waals surface area contributed by atoms with Crippen LogP contribution in [0.5, 0.6) is 11.5 Å². The molecule has 0 saturated carbocycles. The number of rotatable bonds is 10. The average molecular weight is 474 g/mol. The molecule has 0 radical (unpaired) electrons. The molecular weight excluding hydrogens is 433 g/mol. The average Bonchev–Trinajstić information content (AvgIpc) is 2.88. The molecule has 1 aromatic carbocycles. The standard InChI is InChI=1S/C25H34FN3O3.C2H6/c1-6-18(3)22(9-8-20(7-2)29-13-11-27-12-14-29)28-23(10-15-30)19-16-21(26)25(32-5)24(17-19)31-4;1-2/h7-10,15-18,27H,6,11-14H2,1-5H3;1-2H3/b9-8-,20-7+,23-10-,28-22+;. The van der Waals surface area contributed by atoms with Crippen molar-refractivity contribution in [1.29, 1.82) is 0 Å². The van der Waals surface area contributed by atoms with Gasteiger partial charge in [0.1, 0.15) is 6.29 Å². The van der Waals surface area contributed by atoms with Crippen LogP contribution in [0.2, 0.25) is 0 Å². The topological polar surface area (TPSA) is 63.2 Å². The molecule has 1 aliphatic heterocycles. The number of piperazine rings is 1. The van der Waals surface area contributed by atoms with Crippen LogP contribution >= 0.6 is 0 Å². The zero-order valence-corrected chi connectivity index (χ0v) is 21.7. The van der Waals surface area contributed by atoms with Crippen LogP contribution in [0.4, 0.5) is 4.39 Å². The summed E-state index contributed by atoms with van der Waals surface area (Å²) in [6.45, 7) is 14.0. The number of carbonyl (C=O) groups excluding carboxylic acids is 1. The van der Waals surface area contributed by atoms with E-state index in [1.807, 2.05) is 26.8 Å². The van der Waals surface area contributed by atoms with Crippen molar-refractivity contribution in [2.24, 2.45) is 10.9 Å². The number of hydrogen-bond acceptors (Lipinski definition) is 6. The number of ether oxygens (including phenoxy) is 2. The Hall–Kier alpha value is -2.93. The Morgan fingerprint density at radius 1 is 1.21 bits per heavy atom. The molecule has 188 valence electrons. The van der Waals surface area contributed by atoms with Gasteiger partial charge in [0.05, 0.1) is 19.9 Å². The second-order valence-corrected chi connectivity index (χ2v) is 7.51. The number of nitrogens with zero attached hydrogens (tertiary/aromatic N) is 2. The predicted molar refractivity (Wildman–Crippen MR) is 139 cm³/mol. The largest absolute Gasteiger partial charge is 0.493 e. The fraction of sp³-hybridized carbons (Fsp3) is 0.481. The van der Waals surface area contributed by atoms with Crippen molar-refractivity contribution in [2.75, 3.05) is 40.4 Å². The number of carbonyl (C=O) groups is 1. The number of nitrogens with one attached hydrogen (secondary N) is 1. The van der Waals surface area contributed by atoms with Gasteiger partial charge in [-0.1, -0.05) is 33.8 Å². The van der Waals surface area contributed by atoms with Crippen LogP contribution in [-0.4, -0.2) is 57.3 Å². The Morgan fingerprint density at radius 3 is 2.41 bits per heavy atom. The number of benzene rings is 1. The molecule has 0 aromatic heterocycles. The van der Waals surface area contributed by atoms with E-state index in [0.29, 0.717) is 17.5 Å². The highest BCUT2D eigenvalue weighted by atomic mass is 19.1. The maximum atomic E-state index is 14.6. The normalized spacial score (nSPS) is 16.1. The third kappa shape index (κ3) is 8.13. The van der Waals surface area contributed by atoms with Crippen LogP contribution in [0.15, 0.2) is 47.1 Å².